The van der Waals surface area contributed by atoms with Gasteiger partial charge in [0.1, 0.15) is 18.1 Å². The standard InChI is InChI=1S/C27H39N7O6/c28-12-4-3-8-20(32-24(36)18(29)10-11-23(30)35)26(38)34-13-5-9-22(34)25(37)33-21(27(39)40)14-16-15-31-19-7-2-1-6-17(16)19/h1-2,6-7,15,18,20-22,31H,3-5,8-14,28-29H2,(H2,30,35)(H,32,36)(H,33,37)(H,39,40). The topological polar surface area (TPSA) is 227 Å². The molecule has 1 aliphatic heterocycles. The van der Waals surface area contributed by atoms with E-state index in [1.54, 1.807) is 6.20 Å². The zero-order chi connectivity index (χ0) is 29.2. The van der Waals surface area contributed by atoms with Gasteiger partial charge in [0.05, 0.1) is 6.04 Å². The lowest BCUT2D eigenvalue weighted by Gasteiger charge is -2.30. The number of carbonyl (C=O) groups is 5. The second-order valence-electron chi connectivity index (χ2n) is 10.1. The van der Waals surface area contributed by atoms with Gasteiger partial charge in [0.2, 0.25) is 23.6 Å². The number of hydrogen-bond donors (Lipinski definition) is 7. The number of carboxylic acids is 1. The van der Waals surface area contributed by atoms with Crippen molar-refractivity contribution in [2.24, 2.45) is 17.2 Å². The lowest BCUT2D eigenvalue weighted by Crippen LogP contribution is -2.57. The molecule has 4 atom stereocenters. The average Bonchev–Trinajstić information content (AvgIpc) is 3.58. The number of carbonyl (C=O) groups excluding carboxylic acids is 4. The van der Waals surface area contributed by atoms with Crippen molar-refractivity contribution >= 4 is 40.5 Å². The molecule has 1 aromatic heterocycles. The number of aromatic nitrogens is 1. The number of para-hydroxylation sites is 1. The molecule has 13 heteroatoms. The van der Waals surface area contributed by atoms with E-state index in [4.69, 9.17) is 17.2 Å². The minimum absolute atomic E-state index is 0.0344. The van der Waals surface area contributed by atoms with Crippen molar-refractivity contribution in [2.45, 2.75) is 75.5 Å². The third kappa shape index (κ3) is 8.02. The summed E-state index contributed by atoms with van der Waals surface area (Å²) < 4.78 is 0. The molecule has 2 heterocycles. The zero-order valence-electron chi connectivity index (χ0n) is 22.4. The van der Waals surface area contributed by atoms with E-state index in [1.807, 2.05) is 24.3 Å². The van der Waals surface area contributed by atoms with E-state index in [0.717, 1.165) is 16.5 Å². The molecule has 4 unspecified atom stereocenters. The molecule has 1 aliphatic rings. The highest BCUT2D eigenvalue weighted by Gasteiger charge is 2.39. The smallest absolute Gasteiger partial charge is 0.326 e. The quantitative estimate of drug-likeness (QED) is 0.141. The second kappa shape index (κ2) is 14.4. The van der Waals surface area contributed by atoms with E-state index in [-0.39, 0.29) is 32.2 Å². The van der Waals surface area contributed by atoms with Crippen molar-refractivity contribution in [1.82, 2.24) is 20.5 Å². The molecule has 1 saturated heterocycles. The van der Waals surface area contributed by atoms with Crippen molar-refractivity contribution in [2.75, 3.05) is 13.1 Å². The summed E-state index contributed by atoms with van der Waals surface area (Å²) in [5.74, 6) is -3.39. The maximum atomic E-state index is 13.6. The van der Waals surface area contributed by atoms with Crippen LogP contribution in [0.1, 0.15) is 50.5 Å². The molecular weight excluding hydrogens is 518 g/mol. The number of aliphatic carboxylic acids is 1. The molecule has 0 bridgehead atoms. The van der Waals surface area contributed by atoms with Gasteiger partial charge in [0.15, 0.2) is 0 Å². The van der Waals surface area contributed by atoms with Crippen molar-refractivity contribution in [3.05, 3.63) is 36.0 Å². The molecular formula is C27H39N7O6. The van der Waals surface area contributed by atoms with Gasteiger partial charge in [0.25, 0.3) is 0 Å². The first-order valence-corrected chi connectivity index (χ1v) is 13.5. The van der Waals surface area contributed by atoms with Crippen LogP contribution in [0, 0.1) is 0 Å². The number of H-pyrrole nitrogens is 1. The largest absolute Gasteiger partial charge is 0.480 e. The summed E-state index contributed by atoms with van der Waals surface area (Å²) in [6, 6.07) is 3.40. The number of rotatable bonds is 15. The number of amides is 4. The minimum atomic E-state index is -1.20. The van der Waals surface area contributed by atoms with E-state index in [9.17, 15) is 29.1 Å². The molecule has 13 nitrogen and oxygen atoms in total. The highest BCUT2D eigenvalue weighted by Crippen LogP contribution is 2.22. The first-order valence-electron chi connectivity index (χ1n) is 13.5. The van der Waals surface area contributed by atoms with Crippen molar-refractivity contribution in [3.8, 4) is 0 Å². The molecule has 1 aromatic carbocycles. The Morgan fingerprint density at radius 2 is 1.82 bits per heavy atom. The average molecular weight is 558 g/mol. The number of unbranched alkanes of at least 4 members (excludes halogenated alkanes) is 1. The van der Waals surface area contributed by atoms with Crippen LogP contribution in [0.3, 0.4) is 0 Å². The number of aromatic amines is 1. The molecule has 40 heavy (non-hydrogen) atoms. The predicted molar refractivity (Wildman–Crippen MR) is 148 cm³/mol. The Kier molecular flexibility index (Phi) is 11.0. The van der Waals surface area contributed by atoms with Crippen molar-refractivity contribution in [1.29, 1.82) is 0 Å². The molecule has 10 N–H and O–H groups in total. The van der Waals surface area contributed by atoms with Gasteiger partial charge in [-0.1, -0.05) is 18.2 Å². The van der Waals surface area contributed by atoms with Gasteiger partial charge in [0, 0.05) is 36.5 Å². The fourth-order valence-electron chi connectivity index (χ4n) is 4.95. The normalized spacial score (nSPS) is 17.2. The zero-order valence-corrected chi connectivity index (χ0v) is 22.4. The van der Waals surface area contributed by atoms with Crippen LogP contribution in [0.5, 0.6) is 0 Å². The van der Waals surface area contributed by atoms with Crippen LogP contribution >= 0.6 is 0 Å². The van der Waals surface area contributed by atoms with Crippen LogP contribution in [0.25, 0.3) is 10.9 Å². The number of carboxylic acid groups (broad SMARTS) is 1. The highest BCUT2D eigenvalue weighted by molar-refractivity contribution is 5.95. The fourth-order valence-corrected chi connectivity index (χ4v) is 4.95. The SMILES string of the molecule is NCCCCC(NC(=O)C(N)CCC(N)=O)C(=O)N1CCCC1C(=O)NC(Cc1c[nH]c2ccccc12)C(=O)O. The van der Waals surface area contributed by atoms with E-state index in [1.165, 1.54) is 4.90 Å². The minimum Gasteiger partial charge on any atom is -0.480 e. The Balaban J connectivity index is 1.70. The molecule has 0 radical (unpaired) electrons. The van der Waals surface area contributed by atoms with Gasteiger partial charge in [-0.2, -0.15) is 0 Å². The Hall–Kier alpha value is -3.97. The van der Waals surface area contributed by atoms with Crippen LogP contribution in [-0.2, 0) is 30.4 Å². The Morgan fingerprint density at radius 1 is 1.07 bits per heavy atom. The van der Waals surface area contributed by atoms with Gasteiger partial charge in [-0.3, -0.25) is 19.2 Å². The third-order valence-corrected chi connectivity index (χ3v) is 7.15. The summed E-state index contributed by atoms with van der Waals surface area (Å²) in [5, 5.41) is 16.0. The lowest BCUT2D eigenvalue weighted by atomic mass is 10.0. The second-order valence-corrected chi connectivity index (χ2v) is 10.1. The number of hydrogen-bond acceptors (Lipinski definition) is 7. The Bertz CT molecular complexity index is 1210. The number of primary amides is 1. The van der Waals surface area contributed by atoms with Crippen molar-refractivity contribution < 1.29 is 29.1 Å². The van der Waals surface area contributed by atoms with Gasteiger partial charge in [-0.25, -0.2) is 4.79 Å². The third-order valence-electron chi connectivity index (χ3n) is 7.15. The van der Waals surface area contributed by atoms with Gasteiger partial charge in [-0.05, 0) is 56.7 Å². The number of nitrogens with zero attached hydrogens (tertiary/aromatic N) is 1. The van der Waals surface area contributed by atoms with Crippen LogP contribution in [0.2, 0.25) is 0 Å². The molecule has 218 valence electrons. The molecule has 2 aromatic rings. The monoisotopic (exact) mass is 557 g/mol. The Labute approximate surface area is 232 Å². The summed E-state index contributed by atoms with van der Waals surface area (Å²) in [7, 11) is 0. The van der Waals surface area contributed by atoms with Crippen LogP contribution in [0.15, 0.2) is 30.5 Å². The molecule has 4 amide bonds. The highest BCUT2D eigenvalue weighted by atomic mass is 16.4. The van der Waals surface area contributed by atoms with Gasteiger partial charge < -0.3 is 42.8 Å². The summed E-state index contributed by atoms with van der Waals surface area (Å²) in [6.45, 7) is 0.697. The van der Waals surface area contributed by atoms with Crippen LogP contribution in [0.4, 0.5) is 0 Å². The van der Waals surface area contributed by atoms with Crippen LogP contribution < -0.4 is 27.8 Å². The first kappa shape index (κ1) is 30.6. The number of likely N-dealkylation sites (tertiary alicyclic amines) is 1. The van der Waals surface area contributed by atoms with Gasteiger partial charge >= 0.3 is 5.97 Å². The molecule has 0 saturated carbocycles. The molecule has 0 aliphatic carbocycles. The van der Waals surface area contributed by atoms with Crippen LogP contribution in [-0.4, -0.2) is 81.8 Å². The molecule has 3 rings (SSSR count). The summed E-state index contributed by atoms with van der Waals surface area (Å²) >= 11 is 0. The summed E-state index contributed by atoms with van der Waals surface area (Å²) in [4.78, 5) is 67.1. The van der Waals surface area contributed by atoms with Crippen molar-refractivity contribution in [3.63, 3.8) is 0 Å². The fraction of sp³-hybridized carbons (Fsp3) is 0.519. The maximum Gasteiger partial charge on any atom is 0.326 e. The molecule has 1 fully saturated rings. The predicted octanol–water partition coefficient (Wildman–Crippen LogP) is -0.523. The van der Waals surface area contributed by atoms with Gasteiger partial charge in [-0.15, -0.1) is 0 Å². The number of nitrogens with one attached hydrogen (secondary N) is 3. The summed E-state index contributed by atoms with van der Waals surface area (Å²) in [6.07, 6.45) is 4.13. The van der Waals surface area contributed by atoms with E-state index >= 15 is 0 Å². The summed E-state index contributed by atoms with van der Waals surface area (Å²) in [5.41, 5.74) is 18.2. The van der Waals surface area contributed by atoms with E-state index in [2.05, 4.69) is 15.6 Å². The lowest BCUT2D eigenvalue weighted by molar-refractivity contribution is -0.145. The first-order chi connectivity index (χ1) is 19.1. The maximum absolute atomic E-state index is 13.6. The number of benzene rings is 1. The molecule has 0 spiro atoms. The van der Waals surface area contributed by atoms with E-state index < -0.39 is 53.8 Å². The number of nitrogens with two attached hydrogens (primary N) is 3. The van der Waals surface area contributed by atoms with E-state index in [0.29, 0.717) is 32.2 Å². The Morgan fingerprint density at radius 3 is 2.52 bits per heavy atom. The number of fused-ring (bicyclic) bond motifs is 1.